The largest absolute Gasteiger partial charge is 0.489 e. The van der Waals surface area contributed by atoms with Gasteiger partial charge in [0.2, 0.25) is 0 Å². The lowest BCUT2D eigenvalue weighted by Crippen LogP contribution is -2.24. The lowest BCUT2D eigenvalue weighted by Gasteiger charge is -2.23. The summed E-state index contributed by atoms with van der Waals surface area (Å²) in [7, 11) is 0. The number of aliphatic hydroxyl groups is 1. The zero-order valence-corrected chi connectivity index (χ0v) is 13.0. The highest BCUT2D eigenvalue weighted by atomic mass is 16.5. The van der Waals surface area contributed by atoms with Gasteiger partial charge in [-0.3, -0.25) is 4.98 Å². The van der Waals surface area contributed by atoms with Crippen LogP contribution in [0.25, 0.3) is 0 Å². The first-order chi connectivity index (χ1) is 11.2. The van der Waals surface area contributed by atoms with Gasteiger partial charge >= 0.3 is 0 Å². The second-order valence-electron chi connectivity index (χ2n) is 5.59. The van der Waals surface area contributed by atoms with E-state index in [1.54, 1.807) is 13.1 Å². The Bertz CT molecular complexity index is 755. The van der Waals surface area contributed by atoms with Crippen LogP contribution in [0.15, 0.2) is 79.0 Å². The van der Waals surface area contributed by atoms with E-state index in [-0.39, 0.29) is 0 Å². The molecule has 0 unspecified atom stereocenters. The zero-order valence-electron chi connectivity index (χ0n) is 13.0. The Morgan fingerprint density at radius 2 is 1.74 bits per heavy atom. The molecule has 1 aromatic heterocycles. The summed E-state index contributed by atoms with van der Waals surface area (Å²) in [5.74, 6) is 0.725. The van der Waals surface area contributed by atoms with Crippen LogP contribution in [-0.4, -0.2) is 10.1 Å². The van der Waals surface area contributed by atoms with Crippen molar-refractivity contribution >= 4 is 0 Å². The van der Waals surface area contributed by atoms with Crippen LogP contribution in [0.2, 0.25) is 0 Å². The van der Waals surface area contributed by atoms with Gasteiger partial charge in [0.05, 0.1) is 5.69 Å². The normalized spacial score (nSPS) is 13.3. The third kappa shape index (κ3) is 3.58. The Balaban J connectivity index is 1.80. The van der Waals surface area contributed by atoms with E-state index in [9.17, 15) is 5.11 Å². The van der Waals surface area contributed by atoms with E-state index in [0.717, 1.165) is 16.9 Å². The third-order valence-electron chi connectivity index (χ3n) is 3.81. The van der Waals surface area contributed by atoms with Gasteiger partial charge in [0, 0.05) is 6.20 Å². The molecule has 0 aliphatic carbocycles. The SMILES string of the molecule is C[C@](O)(c1cccc(OCc2ccccc2)c1)c1ccccn1. The zero-order chi connectivity index (χ0) is 16.1. The van der Waals surface area contributed by atoms with Gasteiger partial charge in [-0.1, -0.05) is 48.5 Å². The van der Waals surface area contributed by atoms with E-state index in [2.05, 4.69) is 4.98 Å². The molecule has 0 radical (unpaired) electrons. The molecular formula is C20H19NO2. The molecule has 116 valence electrons. The molecule has 1 atom stereocenters. The first-order valence-electron chi connectivity index (χ1n) is 7.57. The lowest BCUT2D eigenvalue weighted by atomic mass is 9.92. The first-order valence-corrected chi connectivity index (χ1v) is 7.57. The van der Waals surface area contributed by atoms with Gasteiger partial charge in [-0.15, -0.1) is 0 Å². The maximum absolute atomic E-state index is 10.8. The van der Waals surface area contributed by atoms with Crippen molar-refractivity contribution in [2.24, 2.45) is 0 Å². The smallest absolute Gasteiger partial charge is 0.129 e. The van der Waals surface area contributed by atoms with E-state index < -0.39 is 5.60 Å². The molecule has 0 aliphatic heterocycles. The maximum atomic E-state index is 10.8. The van der Waals surface area contributed by atoms with Crippen molar-refractivity contribution in [3.8, 4) is 5.75 Å². The molecule has 3 heteroatoms. The Morgan fingerprint density at radius 3 is 2.48 bits per heavy atom. The molecule has 1 heterocycles. The molecule has 0 fully saturated rings. The van der Waals surface area contributed by atoms with Crippen LogP contribution in [0.4, 0.5) is 0 Å². The molecule has 23 heavy (non-hydrogen) atoms. The molecule has 0 bridgehead atoms. The van der Waals surface area contributed by atoms with Crippen LogP contribution in [-0.2, 0) is 12.2 Å². The molecule has 0 spiro atoms. The van der Waals surface area contributed by atoms with E-state index in [1.165, 1.54) is 0 Å². The Labute approximate surface area is 136 Å². The van der Waals surface area contributed by atoms with Gasteiger partial charge in [-0.2, -0.15) is 0 Å². The predicted molar refractivity (Wildman–Crippen MR) is 90.1 cm³/mol. The Morgan fingerprint density at radius 1 is 0.957 bits per heavy atom. The maximum Gasteiger partial charge on any atom is 0.129 e. The van der Waals surface area contributed by atoms with Crippen LogP contribution in [0.5, 0.6) is 5.75 Å². The van der Waals surface area contributed by atoms with E-state index in [1.807, 2.05) is 72.8 Å². The van der Waals surface area contributed by atoms with Crippen molar-refractivity contribution in [2.45, 2.75) is 19.1 Å². The number of pyridine rings is 1. The fraction of sp³-hybridized carbons (Fsp3) is 0.150. The standard InChI is InChI=1S/C20H19NO2/c1-20(22,19-12-5-6-13-21-19)17-10-7-11-18(14-17)23-15-16-8-3-2-4-9-16/h2-14,22H,15H2,1H3/t20-/m0/s1. The minimum Gasteiger partial charge on any atom is -0.489 e. The van der Waals surface area contributed by atoms with Gasteiger partial charge in [-0.25, -0.2) is 0 Å². The van der Waals surface area contributed by atoms with E-state index >= 15 is 0 Å². The van der Waals surface area contributed by atoms with Crippen LogP contribution in [0.3, 0.4) is 0 Å². The quantitative estimate of drug-likeness (QED) is 0.777. The van der Waals surface area contributed by atoms with Crippen molar-refractivity contribution in [1.82, 2.24) is 4.98 Å². The molecule has 3 aromatic rings. The minimum absolute atomic E-state index is 0.496. The Hall–Kier alpha value is -2.65. The molecule has 0 saturated carbocycles. The molecule has 0 aliphatic rings. The highest BCUT2D eigenvalue weighted by Crippen LogP contribution is 2.29. The van der Waals surface area contributed by atoms with Crippen LogP contribution in [0.1, 0.15) is 23.7 Å². The molecule has 3 rings (SSSR count). The van der Waals surface area contributed by atoms with Crippen molar-refractivity contribution in [3.05, 3.63) is 95.8 Å². The first kappa shape index (κ1) is 15.3. The summed E-state index contributed by atoms with van der Waals surface area (Å²) >= 11 is 0. The van der Waals surface area contributed by atoms with Crippen molar-refractivity contribution < 1.29 is 9.84 Å². The molecule has 0 amide bonds. The average molecular weight is 305 g/mol. The van der Waals surface area contributed by atoms with Crippen LogP contribution >= 0.6 is 0 Å². The third-order valence-corrected chi connectivity index (χ3v) is 3.81. The number of benzene rings is 2. The molecule has 2 aromatic carbocycles. The average Bonchev–Trinajstić information content (AvgIpc) is 2.62. The highest BCUT2D eigenvalue weighted by Gasteiger charge is 2.27. The lowest BCUT2D eigenvalue weighted by molar-refractivity contribution is 0.0970. The number of ether oxygens (including phenoxy) is 1. The van der Waals surface area contributed by atoms with Crippen LogP contribution < -0.4 is 4.74 Å². The number of aromatic nitrogens is 1. The van der Waals surface area contributed by atoms with Crippen molar-refractivity contribution in [2.75, 3.05) is 0 Å². The van der Waals surface area contributed by atoms with Crippen molar-refractivity contribution in [3.63, 3.8) is 0 Å². The topological polar surface area (TPSA) is 42.4 Å². The number of hydrogen-bond acceptors (Lipinski definition) is 3. The fourth-order valence-electron chi connectivity index (χ4n) is 2.43. The summed E-state index contributed by atoms with van der Waals surface area (Å²) in [5, 5.41) is 10.8. The molecular weight excluding hydrogens is 286 g/mol. The fourth-order valence-corrected chi connectivity index (χ4v) is 2.43. The summed E-state index contributed by atoms with van der Waals surface area (Å²) in [6.45, 7) is 2.24. The Kier molecular flexibility index (Phi) is 4.40. The van der Waals surface area contributed by atoms with Gasteiger partial charge in [0.25, 0.3) is 0 Å². The summed E-state index contributed by atoms with van der Waals surface area (Å²) in [6, 6.07) is 23.0. The van der Waals surface area contributed by atoms with Gasteiger partial charge in [0.1, 0.15) is 18.0 Å². The van der Waals surface area contributed by atoms with E-state index in [4.69, 9.17) is 4.74 Å². The number of hydrogen-bond donors (Lipinski definition) is 1. The summed E-state index contributed by atoms with van der Waals surface area (Å²) in [5.41, 5.74) is 1.31. The van der Waals surface area contributed by atoms with Gasteiger partial charge < -0.3 is 9.84 Å². The second kappa shape index (κ2) is 6.63. The van der Waals surface area contributed by atoms with Gasteiger partial charge in [0.15, 0.2) is 0 Å². The number of nitrogens with zero attached hydrogens (tertiary/aromatic N) is 1. The summed E-state index contributed by atoms with van der Waals surface area (Å²) in [4.78, 5) is 4.26. The molecule has 0 saturated heterocycles. The predicted octanol–water partition coefficient (Wildman–Crippen LogP) is 3.92. The number of rotatable bonds is 5. The van der Waals surface area contributed by atoms with E-state index in [0.29, 0.717) is 12.3 Å². The highest BCUT2D eigenvalue weighted by molar-refractivity contribution is 5.37. The van der Waals surface area contributed by atoms with Crippen molar-refractivity contribution in [1.29, 1.82) is 0 Å². The monoisotopic (exact) mass is 305 g/mol. The molecule has 3 nitrogen and oxygen atoms in total. The van der Waals surface area contributed by atoms with Crippen LogP contribution in [0, 0.1) is 0 Å². The molecule has 1 N–H and O–H groups in total. The summed E-state index contributed by atoms with van der Waals surface area (Å²) in [6.07, 6.45) is 1.68. The summed E-state index contributed by atoms with van der Waals surface area (Å²) < 4.78 is 5.83. The van der Waals surface area contributed by atoms with Gasteiger partial charge in [-0.05, 0) is 42.3 Å². The second-order valence-corrected chi connectivity index (χ2v) is 5.59. The minimum atomic E-state index is -1.16.